The molecular weight excluding hydrogens is 258 g/mol. The fourth-order valence-electron chi connectivity index (χ4n) is 1.84. The van der Waals surface area contributed by atoms with Crippen molar-refractivity contribution in [2.24, 2.45) is 0 Å². The Morgan fingerprint density at radius 1 is 0.947 bits per heavy atom. The smallest absolute Gasteiger partial charge is 0.398 e. The molecule has 0 radical (unpaired) electrons. The summed E-state index contributed by atoms with van der Waals surface area (Å²) in [5, 5.41) is 0. The molecule has 0 saturated carbocycles. The van der Waals surface area contributed by atoms with Crippen LogP contribution < -0.4 is 5.73 Å². The molecule has 0 aliphatic rings. The Balaban J connectivity index is 2.33. The number of anilines is 1. The zero-order chi connectivity index (χ0) is 14.0. The van der Waals surface area contributed by atoms with E-state index in [4.69, 9.17) is 5.73 Å². The van der Waals surface area contributed by atoms with Crippen molar-refractivity contribution in [3.05, 3.63) is 65.0 Å². The van der Waals surface area contributed by atoms with Crippen LogP contribution in [0.5, 0.6) is 0 Å². The molecule has 0 atom stereocenters. The minimum atomic E-state index is -4.47. The van der Waals surface area contributed by atoms with E-state index in [2.05, 4.69) is 0 Å². The molecule has 0 spiro atoms. The average Bonchev–Trinajstić information content (AvgIpc) is 2.33. The SMILES string of the molecule is Nc1c(Cc2ccc(F)cc2)cccc1C(F)(F)F. The molecule has 0 aliphatic carbocycles. The molecule has 2 aromatic carbocycles. The molecule has 0 unspecified atom stereocenters. The van der Waals surface area contributed by atoms with Crippen molar-refractivity contribution in [2.45, 2.75) is 12.6 Å². The molecule has 5 heteroatoms. The van der Waals surface area contributed by atoms with Gasteiger partial charge in [-0.15, -0.1) is 0 Å². The van der Waals surface area contributed by atoms with Crippen molar-refractivity contribution in [1.29, 1.82) is 0 Å². The van der Waals surface area contributed by atoms with Gasteiger partial charge in [0.25, 0.3) is 0 Å². The highest BCUT2D eigenvalue weighted by atomic mass is 19.4. The predicted octanol–water partition coefficient (Wildman–Crippen LogP) is 4.02. The van der Waals surface area contributed by atoms with Crippen molar-refractivity contribution in [2.75, 3.05) is 5.73 Å². The molecule has 0 saturated heterocycles. The Bertz CT molecular complexity index is 573. The fourth-order valence-corrected chi connectivity index (χ4v) is 1.84. The van der Waals surface area contributed by atoms with Gasteiger partial charge in [0.2, 0.25) is 0 Å². The summed E-state index contributed by atoms with van der Waals surface area (Å²) in [6.07, 6.45) is -4.24. The van der Waals surface area contributed by atoms with Gasteiger partial charge in [0.15, 0.2) is 0 Å². The summed E-state index contributed by atoms with van der Waals surface area (Å²) in [7, 11) is 0. The summed E-state index contributed by atoms with van der Waals surface area (Å²) in [5.41, 5.74) is 5.51. The second kappa shape index (κ2) is 4.91. The van der Waals surface area contributed by atoms with E-state index >= 15 is 0 Å². The number of alkyl halides is 3. The second-order valence-electron chi connectivity index (χ2n) is 4.18. The van der Waals surface area contributed by atoms with Crippen LogP contribution in [0.4, 0.5) is 23.2 Å². The molecule has 0 aliphatic heterocycles. The number of benzene rings is 2. The Hall–Kier alpha value is -2.04. The third-order valence-corrected chi connectivity index (χ3v) is 2.81. The van der Waals surface area contributed by atoms with E-state index in [0.717, 1.165) is 6.07 Å². The van der Waals surface area contributed by atoms with Gasteiger partial charge >= 0.3 is 6.18 Å². The first-order chi connectivity index (χ1) is 8.88. The first-order valence-corrected chi connectivity index (χ1v) is 5.57. The van der Waals surface area contributed by atoms with Crippen LogP contribution in [0.15, 0.2) is 42.5 Å². The number of rotatable bonds is 2. The number of nitrogen functional groups attached to an aromatic ring is 1. The summed E-state index contributed by atoms with van der Waals surface area (Å²) in [5.74, 6) is -0.388. The Morgan fingerprint density at radius 3 is 2.16 bits per heavy atom. The number of hydrogen-bond acceptors (Lipinski definition) is 1. The van der Waals surface area contributed by atoms with E-state index < -0.39 is 11.7 Å². The van der Waals surface area contributed by atoms with Crippen LogP contribution in [0.2, 0.25) is 0 Å². The lowest BCUT2D eigenvalue weighted by molar-refractivity contribution is -0.136. The molecule has 0 amide bonds. The van der Waals surface area contributed by atoms with Gasteiger partial charge in [-0.3, -0.25) is 0 Å². The van der Waals surface area contributed by atoms with Gasteiger partial charge < -0.3 is 5.73 Å². The molecule has 0 fully saturated rings. The molecule has 2 N–H and O–H groups in total. The first-order valence-electron chi connectivity index (χ1n) is 5.57. The van der Waals surface area contributed by atoms with E-state index in [-0.39, 0.29) is 17.9 Å². The van der Waals surface area contributed by atoms with Crippen LogP contribution in [0.1, 0.15) is 16.7 Å². The quantitative estimate of drug-likeness (QED) is 0.646. The fraction of sp³-hybridized carbons (Fsp3) is 0.143. The van der Waals surface area contributed by atoms with Crippen LogP contribution in [0, 0.1) is 5.82 Å². The van der Waals surface area contributed by atoms with Gasteiger partial charge in [0.1, 0.15) is 5.82 Å². The van der Waals surface area contributed by atoms with Crippen LogP contribution in [0.3, 0.4) is 0 Å². The standard InChI is InChI=1S/C14H11F4N/c15-11-6-4-9(5-7-11)8-10-2-1-3-12(13(10)19)14(16,17)18/h1-7H,8,19H2. The highest BCUT2D eigenvalue weighted by Gasteiger charge is 2.33. The Morgan fingerprint density at radius 2 is 1.58 bits per heavy atom. The summed E-state index contributed by atoms with van der Waals surface area (Å²) < 4.78 is 50.8. The monoisotopic (exact) mass is 269 g/mol. The molecule has 100 valence electrons. The molecule has 0 aromatic heterocycles. The van der Waals surface area contributed by atoms with Gasteiger partial charge in [0.05, 0.1) is 5.56 Å². The second-order valence-corrected chi connectivity index (χ2v) is 4.18. The lowest BCUT2D eigenvalue weighted by Crippen LogP contribution is -2.10. The largest absolute Gasteiger partial charge is 0.418 e. The van der Waals surface area contributed by atoms with Crippen LogP contribution in [-0.4, -0.2) is 0 Å². The average molecular weight is 269 g/mol. The molecule has 2 aromatic rings. The number of nitrogens with two attached hydrogens (primary N) is 1. The van der Waals surface area contributed by atoms with Gasteiger partial charge in [-0.2, -0.15) is 13.2 Å². The lowest BCUT2D eigenvalue weighted by atomic mass is 10.00. The van der Waals surface area contributed by atoms with Gasteiger partial charge in [-0.05, 0) is 35.7 Å². The van der Waals surface area contributed by atoms with E-state index in [1.165, 1.54) is 36.4 Å². The van der Waals surface area contributed by atoms with Crippen molar-refractivity contribution in [1.82, 2.24) is 0 Å². The third kappa shape index (κ3) is 3.05. The highest BCUT2D eigenvalue weighted by Crippen LogP contribution is 2.35. The molecule has 1 nitrogen and oxygen atoms in total. The van der Waals surface area contributed by atoms with Crippen molar-refractivity contribution in [3.63, 3.8) is 0 Å². The number of hydrogen-bond donors (Lipinski definition) is 1. The van der Waals surface area contributed by atoms with Crippen LogP contribution in [-0.2, 0) is 12.6 Å². The molecule has 19 heavy (non-hydrogen) atoms. The maximum atomic E-state index is 12.8. The molecular formula is C14H11F4N. The zero-order valence-corrected chi connectivity index (χ0v) is 9.84. The van der Waals surface area contributed by atoms with Crippen molar-refractivity contribution < 1.29 is 17.6 Å². The number of para-hydroxylation sites is 1. The topological polar surface area (TPSA) is 26.0 Å². The number of halogens is 4. The van der Waals surface area contributed by atoms with Crippen molar-refractivity contribution >= 4 is 5.69 Å². The zero-order valence-electron chi connectivity index (χ0n) is 9.84. The van der Waals surface area contributed by atoms with Crippen molar-refractivity contribution in [3.8, 4) is 0 Å². The molecule has 0 heterocycles. The van der Waals surface area contributed by atoms with E-state index in [1.807, 2.05) is 0 Å². The van der Waals surface area contributed by atoms with Gasteiger partial charge in [0, 0.05) is 5.69 Å². The summed E-state index contributed by atoms with van der Waals surface area (Å²) in [6.45, 7) is 0. The summed E-state index contributed by atoms with van der Waals surface area (Å²) in [6, 6.07) is 9.37. The van der Waals surface area contributed by atoms with E-state index in [0.29, 0.717) is 11.1 Å². The normalized spacial score (nSPS) is 11.6. The third-order valence-electron chi connectivity index (χ3n) is 2.81. The first kappa shape index (κ1) is 13.4. The maximum Gasteiger partial charge on any atom is 0.418 e. The van der Waals surface area contributed by atoms with Gasteiger partial charge in [-0.25, -0.2) is 4.39 Å². The molecule has 0 bridgehead atoms. The van der Waals surface area contributed by atoms with E-state index in [1.54, 1.807) is 0 Å². The summed E-state index contributed by atoms with van der Waals surface area (Å²) in [4.78, 5) is 0. The minimum absolute atomic E-state index is 0.232. The lowest BCUT2D eigenvalue weighted by Gasteiger charge is -2.13. The predicted molar refractivity (Wildman–Crippen MR) is 65.1 cm³/mol. The Labute approximate surface area is 107 Å². The summed E-state index contributed by atoms with van der Waals surface area (Å²) >= 11 is 0. The maximum absolute atomic E-state index is 12.8. The van der Waals surface area contributed by atoms with Gasteiger partial charge in [-0.1, -0.05) is 24.3 Å². The van der Waals surface area contributed by atoms with Crippen LogP contribution >= 0.6 is 0 Å². The van der Waals surface area contributed by atoms with E-state index in [9.17, 15) is 17.6 Å². The minimum Gasteiger partial charge on any atom is -0.398 e. The Kier molecular flexibility index (Phi) is 3.46. The highest BCUT2D eigenvalue weighted by molar-refractivity contribution is 5.56. The molecule has 2 rings (SSSR count). The van der Waals surface area contributed by atoms with Crippen LogP contribution in [0.25, 0.3) is 0 Å².